The van der Waals surface area contributed by atoms with Crippen LogP contribution in [0.15, 0.2) is 0 Å². The van der Waals surface area contributed by atoms with Crippen LogP contribution in [0.5, 0.6) is 0 Å². The van der Waals surface area contributed by atoms with Crippen LogP contribution in [0.25, 0.3) is 0 Å². The van der Waals surface area contributed by atoms with Crippen LogP contribution in [-0.2, 0) is 4.79 Å². The quantitative estimate of drug-likeness (QED) is 0.455. The van der Waals surface area contributed by atoms with E-state index in [2.05, 4.69) is 28.2 Å². The van der Waals surface area contributed by atoms with E-state index >= 15 is 0 Å². The standard InChI is InChI=1S/C11H20N4O2S/c1-5-12-6-2-8-9(3-7(6)13-5)15-11(14-8)18-4-10(16)17/h5-9,11-15H,2-4H2,1H3,(H,16,17). The summed E-state index contributed by atoms with van der Waals surface area (Å²) in [6.07, 6.45) is 2.60. The molecule has 0 radical (unpaired) electrons. The summed E-state index contributed by atoms with van der Waals surface area (Å²) in [5.41, 5.74) is 0.0762. The molecule has 1 saturated carbocycles. The lowest BCUT2D eigenvalue weighted by Gasteiger charge is -2.33. The fourth-order valence-corrected chi connectivity index (χ4v) is 4.17. The second kappa shape index (κ2) is 4.97. The Kier molecular flexibility index (Phi) is 3.50. The van der Waals surface area contributed by atoms with Gasteiger partial charge in [0.1, 0.15) is 5.50 Å². The van der Waals surface area contributed by atoms with Crippen molar-refractivity contribution in [1.29, 1.82) is 0 Å². The second-order valence-corrected chi connectivity index (χ2v) is 6.46. The van der Waals surface area contributed by atoms with Crippen molar-refractivity contribution in [1.82, 2.24) is 21.3 Å². The number of nitrogens with one attached hydrogen (secondary N) is 4. The van der Waals surface area contributed by atoms with E-state index in [0.29, 0.717) is 30.3 Å². The zero-order chi connectivity index (χ0) is 12.7. The van der Waals surface area contributed by atoms with E-state index in [-0.39, 0.29) is 11.3 Å². The van der Waals surface area contributed by atoms with E-state index in [4.69, 9.17) is 5.11 Å². The van der Waals surface area contributed by atoms with Crippen LogP contribution in [0.4, 0.5) is 0 Å². The molecule has 3 aliphatic rings. The maximum atomic E-state index is 10.6. The van der Waals surface area contributed by atoms with Crippen LogP contribution in [0.1, 0.15) is 19.8 Å². The third kappa shape index (κ3) is 2.50. The van der Waals surface area contributed by atoms with Crippen LogP contribution in [0.3, 0.4) is 0 Å². The second-order valence-electron chi connectivity index (χ2n) is 5.37. The molecule has 0 amide bonds. The smallest absolute Gasteiger partial charge is 0.313 e. The first kappa shape index (κ1) is 12.7. The summed E-state index contributed by atoms with van der Waals surface area (Å²) in [6, 6.07) is 1.99. The van der Waals surface area contributed by atoms with Crippen molar-refractivity contribution in [3.63, 3.8) is 0 Å². The maximum absolute atomic E-state index is 10.6. The topological polar surface area (TPSA) is 85.4 Å². The summed E-state index contributed by atoms with van der Waals surface area (Å²) in [7, 11) is 0. The van der Waals surface area contributed by atoms with E-state index in [1.165, 1.54) is 11.8 Å². The normalized spacial score (nSPS) is 46.7. The van der Waals surface area contributed by atoms with Gasteiger partial charge in [-0.05, 0) is 19.8 Å². The van der Waals surface area contributed by atoms with E-state index in [9.17, 15) is 4.79 Å². The molecule has 3 fully saturated rings. The molecule has 0 aromatic carbocycles. The average molecular weight is 272 g/mol. The van der Waals surface area contributed by atoms with Gasteiger partial charge in [0.05, 0.1) is 11.9 Å². The van der Waals surface area contributed by atoms with E-state index in [0.717, 1.165) is 12.8 Å². The molecular weight excluding hydrogens is 252 g/mol. The maximum Gasteiger partial charge on any atom is 0.313 e. The molecule has 5 N–H and O–H groups in total. The largest absolute Gasteiger partial charge is 0.481 e. The molecule has 2 saturated heterocycles. The number of carbonyl (C=O) groups is 1. The van der Waals surface area contributed by atoms with Crippen molar-refractivity contribution in [3.05, 3.63) is 0 Å². The molecule has 4 unspecified atom stereocenters. The van der Waals surface area contributed by atoms with Crippen molar-refractivity contribution >= 4 is 17.7 Å². The first-order valence-corrected chi connectivity index (χ1v) is 7.54. The highest BCUT2D eigenvalue weighted by Crippen LogP contribution is 2.29. The molecule has 0 bridgehead atoms. The number of rotatable bonds is 3. The molecule has 18 heavy (non-hydrogen) atoms. The molecular formula is C11H20N4O2S. The summed E-state index contributed by atoms with van der Waals surface area (Å²) in [6.45, 7) is 2.15. The van der Waals surface area contributed by atoms with Gasteiger partial charge in [0.2, 0.25) is 0 Å². The van der Waals surface area contributed by atoms with Crippen molar-refractivity contribution in [2.75, 3.05) is 5.75 Å². The third-order valence-corrected chi connectivity index (χ3v) is 5.04. The highest BCUT2D eigenvalue weighted by molar-refractivity contribution is 8.00. The lowest BCUT2D eigenvalue weighted by molar-refractivity contribution is -0.133. The van der Waals surface area contributed by atoms with Crippen LogP contribution >= 0.6 is 11.8 Å². The average Bonchev–Trinajstić information content (AvgIpc) is 2.83. The highest BCUT2D eigenvalue weighted by Gasteiger charge is 2.45. The summed E-state index contributed by atoms with van der Waals surface area (Å²) >= 11 is 1.42. The zero-order valence-electron chi connectivity index (χ0n) is 10.3. The van der Waals surface area contributed by atoms with Crippen LogP contribution < -0.4 is 21.3 Å². The Hall–Kier alpha value is -0.340. The molecule has 102 valence electrons. The third-order valence-electron chi connectivity index (χ3n) is 4.02. The van der Waals surface area contributed by atoms with E-state index < -0.39 is 5.97 Å². The molecule has 7 heteroatoms. The predicted molar refractivity (Wildman–Crippen MR) is 70.3 cm³/mol. The minimum atomic E-state index is -0.757. The summed E-state index contributed by atoms with van der Waals surface area (Å²) < 4.78 is 0. The van der Waals surface area contributed by atoms with Gasteiger partial charge in [-0.3, -0.25) is 26.1 Å². The minimum Gasteiger partial charge on any atom is -0.481 e. The van der Waals surface area contributed by atoms with Crippen LogP contribution in [0, 0.1) is 0 Å². The Morgan fingerprint density at radius 1 is 1.11 bits per heavy atom. The number of thioether (sulfide) groups is 1. The molecule has 4 atom stereocenters. The number of hydrogen-bond donors (Lipinski definition) is 5. The highest BCUT2D eigenvalue weighted by atomic mass is 32.2. The minimum absolute atomic E-state index is 0.0762. The molecule has 1 aliphatic carbocycles. The molecule has 2 heterocycles. The summed E-state index contributed by atoms with van der Waals surface area (Å²) in [5, 5.41) is 22.8. The lowest BCUT2D eigenvalue weighted by atomic mass is 9.85. The molecule has 3 rings (SSSR count). The Morgan fingerprint density at radius 2 is 1.61 bits per heavy atom. The SMILES string of the molecule is CC1NC2CC3NC(SCC(=O)O)NC3CC2N1. The van der Waals surface area contributed by atoms with Gasteiger partial charge in [-0.2, -0.15) is 0 Å². The summed E-state index contributed by atoms with van der Waals surface area (Å²) in [5.74, 6) is -0.614. The van der Waals surface area contributed by atoms with E-state index in [1.54, 1.807) is 0 Å². The van der Waals surface area contributed by atoms with Gasteiger partial charge in [0, 0.05) is 24.2 Å². The van der Waals surface area contributed by atoms with Gasteiger partial charge in [-0.25, -0.2) is 0 Å². The number of aliphatic carboxylic acids is 1. The molecule has 0 spiro atoms. The Labute approximate surface area is 111 Å². The number of carboxylic acids is 1. The Morgan fingerprint density at radius 3 is 2.11 bits per heavy atom. The molecule has 0 aromatic heterocycles. The fraction of sp³-hybridized carbons (Fsp3) is 0.909. The van der Waals surface area contributed by atoms with Crippen LogP contribution in [0.2, 0.25) is 0 Å². The predicted octanol–water partition coefficient (Wildman–Crippen LogP) is -0.912. The number of hydrogen-bond acceptors (Lipinski definition) is 6. The first-order valence-electron chi connectivity index (χ1n) is 6.49. The van der Waals surface area contributed by atoms with Gasteiger partial charge in [0.25, 0.3) is 0 Å². The van der Waals surface area contributed by atoms with Gasteiger partial charge in [-0.15, -0.1) is 11.8 Å². The van der Waals surface area contributed by atoms with Crippen molar-refractivity contribution < 1.29 is 9.90 Å². The van der Waals surface area contributed by atoms with Crippen molar-refractivity contribution in [2.24, 2.45) is 0 Å². The number of carboxylic acid groups (broad SMARTS) is 1. The molecule has 6 nitrogen and oxygen atoms in total. The van der Waals surface area contributed by atoms with Crippen molar-refractivity contribution in [2.45, 2.75) is 55.6 Å². The fourth-order valence-electron chi connectivity index (χ4n) is 3.32. The molecule has 0 aromatic rings. The molecule has 2 aliphatic heterocycles. The lowest BCUT2D eigenvalue weighted by Crippen LogP contribution is -2.51. The van der Waals surface area contributed by atoms with Crippen LogP contribution in [-0.4, -0.2) is 52.7 Å². The van der Waals surface area contributed by atoms with Gasteiger partial charge < -0.3 is 5.11 Å². The van der Waals surface area contributed by atoms with Gasteiger partial charge >= 0.3 is 5.97 Å². The first-order chi connectivity index (χ1) is 8.61. The van der Waals surface area contributed by atoms with Crippen molar-refractivity contribution in [3.8, 4) is 0 Å². The Bertz CT molecular complexity index is 321. The van der Waals surface area contributed by atoms with E-state index in [1.807, 2.05) is 0 Å². The van der Waals surface area contributed by atoms with Gasteiger partial charge in [0.15, 0.2) is 0 Å². The van der Waals surface area contributed by atoms with Gasteiger partial charge in [-0.1, -0.05) is 0 Å². The zero-order valence-corrected chi connectivity index (χ0v) is 11.2. The monoisotopic (exact) mass is 272 g/mol. The number of fused-ring (bicyclic) bond motifs is 2. The Balaban J connectivity index is 1.55. The summed E-state index contributed by atoms with van der Waals surface area (Å²) in [4.78, 5) is 10.6.